The molecule has 4 heteroatoms. The molecular weight excluding hydrogens is 236 g/mol. The van der Waals surface area contributed by atoms with Crippen molar-refractivity contribution in [2.24, 2.45) is 0 Å². The number of Topliss-reactive ketones (excluding diaryl/α,β-unsaturated/α-hetero) is 1. The second-order valence-electron chi connectivity index (χ2n) is 4.18. The maximum absolute atomic E-state index is 11.7. The van der Waals surface area contributed by atoms with Crippen LogP contribution in [0.25, 0.3) is 0 Å². The highest BCUT2D eigenvalue weighted by molar-refractivity contribution is 6.33. The van der Waals surface area contributed by atoms with E-state index >= 15 is 0 Å². The standard InChI is InChI=1S/C13H17ClN2O/c1-2-13(17)10-3-4-11(14)12(9-10)16-7-5-15-6-8-16/h3-4,9,15H,2,5-8H2,1H3. The number of rotatable bonds is 3. The van der Waals surface area contributed by atoms with Crippen LogP contribution in [0.1, 0.15) is 23.7 Å². The number of nitrogens with one attached hydrogen (secondary N) is 1. The summed E-state index contributed by atoms with van der Waals surface area (Å²) in [5, 5.41) is 4.02. The molecular formula is C13H17ClN2O. The van der Waals surface area contributed by atoms with E-state index < -0.39 is 0 Å². The van der Waals surface area contributed by atoms with Gasteiger partial charge in [0.05, 0.1) is 10.7 Å². The van der Waals surface area contributed by atoms with Crippen LogP contribution in [0, 0.1) is 0 Å². The Morgan fingerprint density at radius 2 is 2.12 bits per heavy atom. The summed E-state index contributed by atoms with van der Waals surface area (Å²) in [6.07, 6.45) is 0.530. The molecule has 1 aromatic carbocycles. The summed E-state index contributed by atoms with van der Waals surface area (Å²) in [5.74, 6) is 0.165. The van der Waals surface area contributed by atoms with Crippen LogP contribution in [-0.2, 0) is 0 Å². The number of piperazine rings is 1. The largest absolute Gasteiger partial charge is 0.368 e. The van der Waals surface area contributed by atoms with Gasteiger partial charge in [-0.15, -0.1) is 0 Å². The van der Waals surface area contributed by atoms with Crippen molar-refractivity contribution in [1.82, 2.24) is 5.32 Å². The molecule has 0 unspecified atom stereocenters. The molecule has 1 N–H and O–H groups in total. The lowest BCUT2D eigenvalue weighted by Gasteiger charge is -2.30. The number of anilines is 1. The number of hydrogen-bond acceptors (Lipinski definition) is 3. The van der Waals surface area contributed by atoms with E-state index in [1.165, 1.54) is 0 Å². The van der Waals surface area contributed by atoms with Crippen LogP contribution in [0.4, 0.5) is 5.69 Å². The van der Waals surface area contributed by atoms with Crippen molar-refractivity contribution in [2.75, 3.05) is 31.1 Å². The first kappa shape index (κ1) is 12.4. The predicted molar refractivity (Wildman–Crippen MR) is 71.2 cm³/mol. The van der Waals surface area contributed by atoms with E-state index in [-0.39, 0.29) is 5.78 Å². The lowest BCUT2D eigenvalue weighted by Crippen LogP contribution is -2.43. The van der Waals surface area contributed by atoms with Gasteiger partial charge in [-0.3, -0.25) is 4.79 Å². The molecule has 1 saturated heterocycles. The molecule has 1 heterocycles. The first-order chi connectivity index (χ1) is 8.22. The van der Waals surface area contributed by atoms with Crippen molar-refractivity contribution < 1.29 is 4.79 Å². The first-order valence-corrected chi connectivity index (χ1v) is 6.38. The van der Waals surface area contributed by atoms with Crippen LogP contribution in [0.15, 0.2) is 18.2 Å². The Kier molecular flexibility index (Phi) is 4.02. The third kappa shape index (κ3) is 2.79. The summed E-state index contributed by atoms with van der Waals surface area (Å²) in [6, 6.07) is 5.54. The van der Waals surface area contributed by atoms with Crippen molar-refractivity contribution in [2.45, 2.75) is 13.3 Å². The van der Waals surface area contributed by atoms with Crippen molar-refractivity contribution >= 4 is 23.1 Å². The van der Waals surface area contributed by atoms with Gasteiger partial charge in [-0.1, -0.05) is 18.5 Å². The van der Waals surface area contributed by atoms with Crippen LogP contribution in [0.5, 0.6) is 0 Å². The molecule has 0 atom stereocenters. The molecule has 0 radical (unpaired) electrons. The number of hydrogen-bond donors (Lipinski definition) is 1. The Morgan fingerprint density at radius 1 is 1.41 bits per heavy atom. The second kappa shape index (κ2) is 5.52. The maximum atomic E-state index is 11.7. The summed E-state index contributed by atoms with van der Waals surface area (Å²) in [6.45, 7) is 5.67. The lowest BCUT2D eigenvalue weighted by atomic mass is 10.1. The molecule has 1 aliphatic heterocycles. The summed E-state index contributed by atoms with van der Waals surface area (Å²) in [5.41, 5.74) is 1.73. The molecule has 0 spiro atoms. The van der Waals surface area contributed by atoms with Gasteiger partial charge < -0.3 is 10.2 Å². The van der Waals surface area contributed by atoms with Crippen LogP contribution in [0.3, 0.4) is 0 Å². The van der Waals surface area contributed by atoms with E-state index in [1.54, 1.807) is 6.07 Å². The van der Waals surface area contributed by atoms with Crippen LogP contribution >= 0.6 is 11.6 Å². The summed E-state index contributed by atoms with van der Waals surface area (Å²) >= 11 is 6.20. The van der Waals surface area contributed by atoms with Crippen LogP contribution in [-0.4, -0.2) is 32.0 Å². The molecule has 2 rings (SSSR count). The van der Waals surface area contributed by atoms with Crippen molar-refractivity contribution in [3.8, 4) is 0 Å². The van der Waals surface area contributed by atoms with Gasteiger partial charge >= 0.3 is 0 Å². The summed E-state index contributed by atoms with van der Waals surface area (Å²) in [4.78, 5) is 13.9. The molecule has 1 aliphatic rings. The van der Waals surface area contributed by atoms with E-state index in [1.807, 2.05) is 19.1 Å². The lowest BCUT2D eigenvalue weighted by molar-refractivity contribution is 0.0988. The maximum Gasteiger partial charge on any atom is 0.162 e. The van der Waals surface area contributed by atoms with Crippen LogP contribution in [0.2, 0.25) is 5.02 Å². The van der Waals surface area contributed by atoms with Gasteiger partial charge in [0, 0.05) is 38.2 Å². The second-order valence-corrected chi connectivity index (χ2v) is 4.59. The van der Waals surface area contributed by atoms with Gasteiger partial charge in [0.15, 0.2) is 5.78 Å². The smallest absolute Gasteiger partial charge is 0.162 e. The average Bonchev–Trinajstić information content (AvgIpc) is 2.39. The molecule has 0 bridgehead atoms. The number of carbonyl (C=O) groups is 1. The van der Waals surface area contributed by atoms with Crippen LogP contribution < -0.4 is 10.2 Å². The number of carbonyl (C=O) groups excluding carboxylic acids is 1. The highest BCUT2D eigenvalue weighted by Crippen LogP contribution is 2.27. The highest BCUT2D eigenvalue weighted by Gasteiger charge is 2.15. The van der Waals surface area contributed by atoms with Crippen molar-refractivity contribution in [3.05, 3.63) is 28.8 Å². The molecule has 92 valence electrons. The molecule has 0 aliphatic carbocycles. The van der Waals surface area contributed by atoms with E-state index in [9.17, 15) is 4.79 Å². The number of ketones is 1. The molecule has 1 fully saturated rings. The number of halogens is 1. The summed E-state index contributed by atoms with van der Waals surface area (Å²) < 4.78 is 0. The fourth-order valence-electron chi connectivity index (χ4n) is 2.04. The molecule has 17 heavy (non-hydrogen) atoms. The Morgan fingerprint density at radius 3 is 2.76 bits per heavy atom. The minimum absolute atomic E-state index is 0.165. The Labute approximate surface area is 107 Å². The third-order valence-corrected chi connectivity index (χ3v) is 3.37. The fraction of sp³-hybridized carbons (Fsp3) is 0.462. The average molecular weight is 253 g/mol. The Bertz CT molecular complexity index is 414. The van der Waals surface area contributed by atoms with E-state index in [0.29, 0.717) is 6.42 Å². The normalized spacial score (nSPS) is 16.0. The van der Waals surface area contributed by atoms with Gasteiger partial charge in [-0.05, 0) is 18.2 Å². The molecule has 1 aromatic rings. The predicted octanol–water partition coefficient (Wildman–Crippen LogP) is 2.34. The van der Waals surface area contributed by atoms with E-state index in [0.717, 1.165) is 42.5 Å². The van der Waals surface area contributed by atoms with Gasteiger partial charge in [0.2, 0.25) is 0 Å². The fourth-order valence-corrected chi connectivity index (χ4v) is 2.28. The third-order valence-electron chi connectivity index (χ3n) is 3.05. The van der Waals surface area contributed by atoms with Gasteiger partial charge in [0.1, 0.15) is 0 Å². The quantitative estimate of drug-likeness (QED) is 0.839. The SMILES string of the molecule is CCC(=O)c1ccc(Cl)c(N2CCNCC2)c1. The van der Waals surface area contributed by atoms with E-state index in [2.05, 4.69) is 10.2 Å². The monoisotopic (exact) mass is 252 g/mol. The molecule has 0 aromatic heterocycles. The first-order valence-electron chi connectivity index (χ1n) is 6.00. The van der Waals surface area contributed by atoms with Gasteiger partial charge in [-0.25, -0.2) is 0 Å². The minimum atomic E-state index is 0.165. The minimum Gasteiger partial charge on any atom is -0.368 e. The molecule has 0 amide bonds. The topological polar surface area (TPSA) is 32.3 Å². The highest BCUT2D eigenvalue weighted by atomic mass is 35.5. The number of nitrogens with zero attached hydrogens (tertiary/aromatic N) is 1. The van der Waals surface area contributed by atoms with Gasteiger partial charge in [-0.2, -0.15) is 0 Å². The van der Waals surface area contributed by atoms with Gasteiger partial charge in [0.25, 0.3) is 0 Å². The van der Waals surface area contributed by atoms with Crippen molar-refractivity contribution in [1.29, 1.82) is 0 Å². The zero-order chi connectivity index (χ0) is 12.3. The Balaban J connectivity index is 2.28. The summed E-state index contributed by atoms with van der Waals surface area (Å²) in [7, 11) is 0. The Hall–Kier alpha value is -1.06. The molecule has 3 nitrogen and oxygen atoms in total. The zero-order valence-corrected chi connectivity index (χ0v) is 10.8. The zero-order valence-electron chi connectivity index (χ0n) is 10.0. The van der Waals surface area contributed by atoms with Crippen molar-refractivity contribution in [3.63, 3.8) is 0 Å². The van der Waals surface area contributed by atoms with E-state index in [4.69, 9.17) is 11.6 Å². The number of benzene rings is 1. The molecule has 0 saturated carbocycles.